The van der Waals surface area contributed by atoms with E-state index in [0.717, 1.165) is 56.9 Å². The van der Waals surface area contributed by atoms with Crippen molar-refractivity contribution in [2.24, 2.45) is 7.05 Å². The van der Waals surface area contributed by atoms with E-state index in [2.05, 4.69) is 22.2 Å². The molecule has 1 aliphatic heterocycles. The van der Waals surface area contributed by atoms with Crippen molar-refractivity contribution < 1.29 is 9.13 Å². The van der Waals surface area contributed by atoms with Crippen molar-refractivity contribution in [1.82, 2.24) is 15.1 Å². The maximum absolute atomic E-state index is 13.4. The fourth-order valence-electron chi connectivity index (χ4n) is 4.09. The summed E-state index contributed by atoms with van der Waals surface area (Å²) in [5, 5.41) is 8.31. The van der Waals surface area contributed by atoms with Crippen LogP contribution in [0.15, 0.2) is 18.2 Å². The van der Waals surface area contributed by atoms with Crippen molar-refractivity contribution in [2.45, 2.75) is 32.4 Å². The Hall–Kier alpha value is -1.92. The Balaban J connectivity index is 1.52. The Labute approximate surface area is 147 Å². The third kappa shape index (κ3) is 3.16. The zero-order chi connectivity index (χ0) is 17.4. The number of anilines is 1. The summed E-state index contributed by atoms with van der Waals surface area (Å²) in [4.78, 5) is 2.36. The van der Waals surface area contributed by atoms with Crippen LogP contribution in [0.1, 0.15) is 34.8 Å². The number of ether oxygens (including phenoxy) is 1. The van der Waals surface area contributed by atoms with E-state index in [1.165, 1.54) is 16.9 Å². The fourth-order valence-corrected chi connectivity index (χ4v) is 4.09. The third-order valence-corrected chi connectivity index (χ3v) is 5.33. The van der Waals surface area contributed by atoms with Crippen LogP contribution in [0, 0.1) is 12.7 Å². The van der Waals surface area contributed by atoms with E-state index in [0.29, 0.717) is 0 Å². The van der Waals surface area contributed by atoms with Crippen molar-refractivity contribution >= 4 is 5.82 Å². The van der Waals surface area contributed by atoms with Gasteiger partial charge in [0.2, 0.25) is 0 Å². The van der Waals surface area contributed by atoms with Gasteiger partial charge in [-0.05, 0) is 43.0 Å². The van der Waals surface area contributed by atoms with Crippen LogP contribution in [0.4, 0.5) is 10.2 Å². The van der Waals surface area contributed by atoms with E-state index in [-0.39, 0.29) is 11.9 Å². The SMILES string of the molecule is Cc1nn(C)c(N2CCOCC2)c1CNC1CCc2cc(F)ccc21. The van der Waals surface area contributed by atoms with Crippen molar-refractivity contribution in [3.05, 3.63) is 46.4 Å². The summed E-state index contributed by atoms with van der Waals surface area (Å²) in [6, 6.07) is 5.44. The molecule has 2 heterocycles. The van der Waals surface area contributed by atoms with Gasteiger partial charge < -0.3 is 15.0 Å². The van der Waals surface area contributed by atoms with Crippen LogP contribution >= 0.6 is 0 Å². The van der Waals surface area contributed by atoms with Crippen LogP contribution in [0.3, 0.4) is 0 Å². The molecule has 134 valence electrons. The molecule has 1 unspecified atom stereocenters. The molecule has 0 bridgehead atoms. The van der Waals surface area contributed by atoms with E-state index in [1.807, 2.05) is 17.8 Å². The Bertz CT molecular complexity index is 767. The number of aromatic nitrogens is 2. The molecule has 1 fully saturated rings. The molecule has 1 aliphatic carbocycles. The van der Waals surface area contributed by atoms with Crippen molar-refractivity contribution in [3.8, 4) is 0 Å². The van der Waals surface area contributed by atoms with E-state index < -0.39 is 0 Å². The second kappa shape index (κ2) is 6.77. The number of fused-ring (bicyclic) bond motifs is 1. The van der Waals surface area contributed by atoms with E-state index in [1.54, 1.807) is 12.1 Å². The number of aryl methyl sites for hydroxylation is 3. The maximum Gasteiger partial charge on any atom is 0.131 e. The molecule has 0 saturated carbocycles. The number of hydrogen-bond acceptors (Lipinski definition) is 4. The Kier molecular flexibility index (Phi) is 4.48. The van der Waals surface area contributed by atoms with Crippen LogP contribution in [0.2, 0.25) is 0 Å². The van der Waals surface area contributed by atoms with Gasteiger partial charge in [0.15, 0.2) is 0 Å². The second-order valence-electron chi connectivity index (χ2n) is 6.93. The molecule has 25 heavy (non-hydrogen) atoms. The van der Waals surface area contributed by atoms with Gasteiger partial charge in [0.05, 0.1) is 18.9 Å². The predicted octanol–water partition coefficient (Wildman–Crippen LogP) is 2.48. The molecule has 1 atom stereocenters. The van der Waals surface area contributed by atoms with Gasteiger partial charge in [-0.2, -0.15) is 5.10 Å². The van der Waals surface area contributed by atoms with E-state index >= 15 is 0 Å². The van der Waals surface area contributed by atoms with Crippen molar-refractivity contribution in [2.75, 3.05) is 31.2 Å². The summed E-state index contributed by atoms with van der Waals surface area (Å²) in [5.41, 5.74) is 4.68. The minimum absolute atomic E-state index is 0.142. The molecule has 2 aromatic rings. The quantitative estimate of drug-likeness (QED) is 0.925. The van der Waals surface area contributed by atoms with E-state index in [4.69, 9.17) is 4.74 Å². The molecule has 1 aromatic carbocycles. The average Bonchev–Trinajstić information content (AvgIpc) is 3.13. The van der Waals surface area contributed by atoms with E-state index in [9.17, 15) is 4.39 Å². The van der Waals surface area contributed by atoms with Gasteiger partial charge in [-0.1, -0.05) is 6.07 Å². The maximum atomic E-state index is 13.4. The highest BCUT2D eigenvalue weighted by molar-refractivity contribution is 5.50. The van der Waals surface area contributed by atoms with Crippen LogP contribution in [0.25, 0.3) is 0 Å². The van der Waals surface area contributed by atoms with Crippen molar-refractivity contribution in [1.29, 1.82) is 0 Å². The van der Waals surface area contributed by atoms with Gasteiger partial charge in [-0.15, -0.1) is 0 Å². The molecule has 5 nitrogen and oxygen atoms in total. The number of nitrogens with one attached hydrogen (secondary N) is 1. The molecule has 1 aromatic heterocycles. The summed E-state index contributed by atoms with van der Waals surface area (Å²) in [6.45, 7) is 6.17. The molecule has 2 aliphatic rings. The van der Waals surface area contributed by atoms with Crippen LogP contribution in [-0.4, -0.2) is 36.1 Å². The zero-order valence-corrected chi connectivity index (χ0v) is 14.9. The minimum Gasteiger partial charge on any atom is -0.378 e. The zero-order valence-electron chi connectivity index (χ0n) is 14.9. The van der Waals surface area contributed by atoms with Crippen molar-refractivity contribution in [3.63, 3.8) is 0 Å². The normalized spacial score (nSPS) is 20.1. The highest BCUT2D eigenvalue weighted by Crippen LogP contribution is 2.32. The highest BCUT2D eigenvalue weighted by atomic mass is 19.1. The summed E-state index contributed by atoms with van der Waals surface area (Å²) >= 11 is 0. The predicted molar refractivity (Wildman–Crippen MR) is 95.3 cm³/mol. The minimum atomic E-state index is -0.142. The standard InChI is InChI=1S/C19H25FN4O/c1-13-17(19(23(2)22-13)24-7-9-25-10-8-24)12-21-18-6-3-14-11-15(20)4-5-16(14)18/h4-5,11,18,21H,3,6-10,12H2,1-2H3. The first-order valence-corrected chi connectivity index (χ1v) is 9.00. The van der Waals surface area contributed by atoms with Gasteiger partial charge in [0.25, 0.3) is 0 Å². The Morgan fingerprint density at radius 2 is 2.12 bits per heavy atom. The molecule has 6 heteroatoms. The van der Waals surface area contributed by atoms with Gasteiger partial charge >= 0.3 is 0 Å². The molecular weight excluding hydrogens is 319 g/mol. The molecule has 1 N–H and O–H groups in total. The first-order chi connectivity index (χ1) is 12.1. The lowest BCUT2D eigenvalue weighted by molar-refractivity contribution is 0.122. The van der Waals surface area contributed by atoms with Gasteiger partial charge in [0.1, 0.15) is 11.6 Å². The molecule has 4 rings (SSSR count). The summed E-state index contributed by atoms with van der Waals surface area (Å²) in [7, 11) is 2.01. The molecule has 0 amide bonds. The lowest BCUT2D eigenvalue weighted by atomic mass is 10.1. The second-order valence-corrected chi connectivity index (χ2v) is 6.93. The number of rotatable bonds is 4. The number of hydrogen-bond donors (Lipinski definition) is 1. The Morgan fingerprint density at radius 1 is 1.32 bits per heavy atom. The van der Waals surface area contributed by atoms with Crippen LogP contribution in [-0.2, 0) is 24.8 Å². The highest BCUT2D eigenvalue weighted by Gasteiger charge is 2.25. The first-order valence-electron chi connectivity index (χ1n) is 9.00. The smallest absolute Gasteiger partial charge is 0.131 e. The fraction of sp³-hybridized carbons (Fsp3) is 0.526. The van der Waals surface area contributed by atoms with Crippen LogP contribution in [0.5, 0.6) is 0 Å². The average molecular weight is 344 g/mol. The van der Waals surface area contributed by atoms with Gasteiger partial charge in [-0.3, -0.25) is 4.68 Å². The molecule has 1 saturated heterocycles. The lowest BCUT2D eigenvalue weighted by Gasteiger charge is -2.30. The first kappa shape index (κ1) is 16.5. The number of halogens is 1. The third-order valence-electron chi connectivity index (χ3n) is 5.33. The van der Waals surface area contributed by atoms with Gasteiger partial charge in [-0.25, -0.2) is 4.39 Å². The topological polar surface area (TPSA) is 42.3 Å². The summed E-state index contributed by atoms with van der Waals surface area (Å²) in [6.07, 6.45) is 1.96. The number of benzene rings is 1. The lowest BCUT2D eigenvalue weighted by Crippen LogP contribution is -2.38. The molecule has 0 radical (unpaired) electrons. The van der Waals surface area contributed by atoms with Gasteiger partial charge in [0, 0.05) is 38.3 Å². The monoisotopic (exact) mass is 344 g/mol. The summed E-state index contributed by atoms with van der Waals surface area (Å²) in [5.74, 6) is 1.04. The molecular formula is C19H25FN4O. The summed E-state index contributed by atoms with van der Waals surface area (Å²) < 4.78 is 20.9. The number of morpholine rings is 1. The van der Waals surface area contributed by atoms with Crippen LogP contribution < -0.4 is 10.2 Å². The largest absolute Gasteiger partial charge is 0.378 e. The molecule has 0 spiro atoms. The Morgan fingerprint density at radius 3 is 2.92 bits per heavy atom. The number of nitrogens with zero attached hydrogens (tertiary/aromatic N) is 3.